The lowest BCUT2D eigenvalue weighted by atomic mass is 10.2. The molecular formula is C20H21IN4O2. The zero-order valence-electron chi connectivity index (χ0n) is 15.1. The molecule has 0 spiro atoms. The van der Waals surface area contributed by atoms with Crippen LogP contribution in [0.3, 0.4) is 0 Å². The molecule has 140 valence electrons. The normalized spacial score (nSPS) is 15.3. The summed E-state index contributed by atoms with van der Waals surface area (Å²) in [5.41, 5.74) is 2.72. The Labute approximate surface area is 171 Å². The van der Waals surface area contributed by atoms with Crippen LogP contribution in [0.5, 0.6) is 5.75 Å². The number of hydrogen-bond donors (Lipinski definition) is 1. The van der Waals surface area contributed by atoms with Crippen LogP contribution in [0.15, 0.2) is 42.5 Å². The molecule has 0 saturated carbocycles. The summed E-state index contributed by atoms with van der Waals surface area (Å²) in [7, 11) is 1.66. The van der Waals surface area contributed by atoms with E-state index in [1.165, 1.54) is 0 Å². The summed E-state index contributed by atoms with van der Waals surface area (Å²) in [6.07, 6.45) is 0. The van der Waals surface area contributed by atoms with E-state index in [4.69, 9.17) is 4.74 Å². The Morgan fingerprint density at radius 2 is 1.96 bits per heavy atom. The molecule has 1 aliphatic heterocycles. The van der Waals surface area contributed by atoms with Gasteiger partial charge in [-0.3, -0.25) is 9.69 Å². The molecule has 1 saturated heterocycles. The third-order valence-corrected chi connectivity index (χ3v) is 5.82. The maximum Gasteiger partial charge on any atom is 0.255 e. The van der Waals surface area contributed by atoms with Gasteiger partial charge in [0, 0.05) is 35.8 Å². The number of aromatic amines is 1. The number of nitrogens with zero attached hydrogens (tertiary/aromatic N) is 3. The van der Waals surface area contributed by atoms with Gasteiger partial charge in [-0.15, -0.1) is 0 Å². The molecule has 1 fully saturated rings. The van der Waals surface area contributed by atoms with Gasteiger partial charge in [0.25, 0.3) is 5.91 Å². The maximum atomic E-state index is 12.7. The van der Waals surface area contributed by atoms with Gasteiger partial charge >= 0.3 is 0 Å². The molecule has 1 amide bonds. The zero-order chi connectivity index (χ0) is 18.8. The van der Waals surface area contributed by atoms with Gasteiger partial charge in [0.05, 0.1) is 30.3 Å². The second kappa shape index (κ2) is 7.85. The van der Waals surface area contributed by atoms with E-state index in [0.717, 1.165) is 64.5 Å². The van der Waals surface area contributed by atoms with Gasteiger partial charge in [-0.05, 0) is 46.9 Å². The summed E-state index contributed by atoms with van der Waals surface area (Å²) >= 11 is 2.22. The first kappa shape index (κ1) is 18.2. The minimum atomic E-state index is 0.121. The first-order valence-electron chi connectivity index (χ1n) is 8.93. The number of rotatable bonds is 4. The van der Waals surface area contributed by atoms with Crippen molar-refractivity contribution >= 4 is 39.5 Å². The second-order valence-corrected chi connectivity index (χ2v) is 7.78. The molecule has 0 unspecified atom stereocenters. The fourth-order valence-corrected chi connectivity index (χ4v) is 3.99. The predicted molar refractivity (Wildman–Crippen MR) is 113 cm³/mol. The van der Waals surface area contributed by atoms with Crippen molar-refractivity contribution in [2.75, 3.05) is 33.3 Å². The highest BCUT2D eigenvalue weighted by Gasteiger charge is 2.23. The SMILES string of the molecule is COc1ccc2nc(CN3CCN(C(=O)c4ccccc4I)CC3)[nH]c2c1. The molecule has 2 heterocycles. The smallest absolute Gasteiger partial charge is 0.255 e. The number of benzene rings is 2. The number of ether oxygens (including phenoxy) is 1. The average molecular weight is 476 g/mol. The monoisotopic (exact) mass is 476 g/mol. The molecule has 0 atom stereocenters. The summed E-state index contributed by atoms with van der Waals surface area (Å²) in [5, 5.41) is 0. The molecular weight excluding hydrogens is 455 g/mol. The van der Waals surface area contributed by atoms with E-state index in [1.807, 2.05) is 47.4 Å². The van der Waals surface area contributed by atoms with E-state index in [-0.39, 0.29) is 5.91 Å². The Bertz CT molecular complexity index is 964. The molecule has 0 aliphatic carbocycles. The van der Waals surface area contributed by atoms with Gasteiger partial charge in [0.1, 0.15) is 11.6 Å². The Kier molecular flexibility index (Phi) is 5.31. The minimum absolute atomic E-state index is 0.121. The van der Waals surface area contributed by atoms with Gasteiger partial charge in [-0.25, -0.2) is 4.98 Å². The van der Waals surface area contributed by atoms with Crippen LogP contribution in [-0.2, 0) is 6.54 Å². The number of carbonyl (C=O) groups is 1. The van der Waals surface area contributed by atoms with Crippen molar-refractivity contribution in [3.8, 4) is 5.75 Å². The van der Waals surface area contributed by atoms with E-state index < -0.39 is 0 Å². The molecule has 1 aromatic heterocycles. The van der Waals surface area contributed by atoms with E-state index in [0.29, 0.717) is 0 Å². The number of amides is 1. The van der Waals surface area contributed by atoms with Gasteiger partial charge < -0.3 is 14.6 Å². The van der Waals surface area contributed by atoms with Gasteiger partial charge in [-0.1, -0.05) is 12.1 Å². The van der Waals surface area contributed by atoms with Gasteiger partial charge in [0.15, 0.2) is 0 Å². The van der Waals surface area contributed by atoms with E-state index >= 15 is 0 Å². The van der Waals surface area contributed by atoms with Crippen LogP contribution in [0.1, 0.15) is 16.2 Å². The highest BCUT2D eigenvalue weighted by Crippen LogP contribution is 2.20. The largest absolute Gasteiger partial charge is 0.497 e. The summed E-state index contributed by atoms with van der Waals surface area (Å²) < 4.78 is 6.26. The number of halogens is 1. The lowest BCUT2D eigenvalue weighted by molar-refractivity contribution is 0.0625. The summed E-state index contributed by atoms with van der Waals surface area (Å²) in [4.78, 5) is 25.0. The Hall–Kier alpha value is -2.13. The molecule has 7 heteroatoms. The molecule has 4 rings (SSSR count). The second-order valence-electron chi connectivity index (χ2n) is 6.61. The number of hydrogen-bond acceptors (Lipinski definition) is 4. The molecule has 1 aliphatic rings. The van der Waals surface area contributed by atoms with E-state index in [2.05, 4.69) is 37.5 Å². The Morgan fingerprint density at radius 3 is 2.70 bits per heavy atom. The van der Waals surface area contributed by atoms with Crippen molar-refractivity contribution in [1.82, 2.24) is 19.8 Å². The van der Waals surface area contributed by atoms with Crippen molar-refractivity contribution in [2.45, 2.75) is 6.54 Å². The standard InChI is InChI=1S/C20H21IN4O2/c1-27-14-6-7-17-18(12-14)23-19(22-17)13-24-8-10-25(11-9-24)20(26)15-4-2-3-5-16(15)21/h2-7,12H,8-11,13H2,1H3,(H,22,23). The van der Waals surface area contributed by atoms with Crippen LogP contribution >= 0.6 is 22.6 Å². The topological polar surface area (TPSA) is 61.5 Å². The Balaban J connectivity index is 1.38. The van der Waals surface area contributed by atoms with Crippen LogP contribution in [0.25, 0.3) is 11.0 Å². The summed E-state index contributed by atoms with van der Waals surface area (Å²) in [6, 6.07) is 13.6. The third-order valence-electron chi connectivity index (χ3n) is 4.88. The molecule has 6 nitrogen and oxygen atoms in total. The van der Waals surface area contributed by atoms with E-state index in [9.17, 15) is 4.79 Å². The number of fused-ring (bicyclic) bond motifs is 1. The van der Waals surface area contributed by atoms with Crippen LogP contribution in [0.4, 0.5) is 0 Å². The first-order valence-corrected chi connectivity index (χ1v) is 10.0. The predicted octanol–water partition coefficient (Wildman–Crippen LogP) is 3.13. The molecule has 1 N–H and O–H groups in total. The van der Waals surface area contributed by atoms with Crippen molar-refractivity contribution in [1.29, 1.82) is 0 Å². The molecule has 3 aromatic rings. The summed E-state index contributed by atoms with van der Waals surface area (Å²) in [6.45, 7) is 3.91. The van der Waals surface area contributed by atoms with Crippen molar-refractivity contribution in [3.05, 3.63) is 57.4 Å². The van der Waals surface area contributed by atoms with Crippen LogP contribution < -0.4 is 4.74 Å². The summed E-state index contributed by atoms with van der Waals surface area (Å²) in [5.74, 6) is 1.88. The fraction of sp³-hybridized carbons (Fsp3) is 0.300. The number of carbonyl (C=O) groups excluding carboxylic acids is 1. The van der Waals surface area contributed by atoms with E-state index in [1.54, 1.807) is 7.11 Å². The molecule has 2 aromatic carbocycles. The maximum absolute atomic E-state index is 12.7. The fourth-order valence-electron chi connectivity index (χ4n) is 3.37. The number of imidazole rings is 1. The lowest BCUT2D eigenvalue weighted by Gasteiger charge is -2.34. The molecule has 27 heavy (non-hydrogen) atoms. The minimum Gasteiger partial charge on any atom is -0.497 e. The van der Waals surface area contributed by atoms with Crippen LogP contribution in [0, 0.1) is 3.57 Å². The van der Waals surface area contributed by atoms with Crippen molar-refractivity contribution in [2.24, 2.45) is 0 Å². The number of nitrogens with one attached hydrogen (secondary N) is 1. The quantitative estimate of drug-likeness (QED) is 0.588. The number of aromatic nitrogens is 2. The third kappa shape index (κ3) is 3.93. The Morgan fingerprint density at radius 1 is 1.19 bits per heavy atom. The highest BCUT2D eigenvalue weighted by atomic mass is 127. The highest BCUT2D eigenvalue weighted by molar-refractivity contribution is 14.1. The van der Waals surface area contributed by atoms with Crippen LogP contribution in [0.2, 0.25) is 0 Å². The first-order chi connectivity index (χ1) is 13.1. The zero-order valence-corrected chi connectivity index (χ0v) is 17.3. The molecule has 0 bridgehead atoms. The number of piperazine rings is 1. The molecule has 0 radical (unpaired) electrons. The number of methoxy groups -OCH3 is 1. The average Bonchev–Trinajstić information content (AvgIpc) is 3.09. The van der Waals surface area contributed by atoms with Crippen molar-refractivity contribution in [3.63, 3.8) is 0 Å². The van der Waals surface area contributed by atoms with Gasteiger partial charge in [-0.2, -0.15) is 0 Å². The lowest BCUT2D eigenvalue weighted by Crippen LogP contribution is -2.48. The van der Waals surface area contributed by atoms with Gasteiger partial charge in [0.2, 0.25) is 0 Å². The van der Waals surface area contributed by atoms with Crippen molar-refractivity contribution < 1.29 is 9.53 Å². The van der Waals surface area contributed by atoms with Crippen LogP contribution in [-0.4, -0.2) is 59.0 Å². The number of H-pyrrole nitrogens is 1.